The summed E-state index contributed by atoms with van der Waals surface area (Å²) in [6.45, 7) is 4.68. The predicted molar refractivity (Wildman–Crippen MR) is 102 cm³/mol. The lowest BCUT2D eigenvalue weighted by atomic mass is 9.97. The molecule has 24 heavy (non-hydrogen) atoms. The molecule has 0 aliphatic carbocycles. The minimum Gasteiger partial charge on any atom is -0.294 e. The molecule has 1 aliphatic heterocycles. The van der Waals surface area contributed by atoms with Crippen molar-refractivity contribution in [2.75, 3.05) is 19.6 Å². The molecule has 1 N–H and O–H groups in total. The second-order valence-corrected chi connectivity index (χ2v) is 10.8. The molecule has 1 aliphatic rings. The van der Waals surface area contributed by atoms with Gasteiger partial charge in [0.2, 0.25) is 10.0 Å². The largest absolute Gasteiger partial charge is 0.294 e. The fourth-order valence-electron chi connectivity index (χ4n) is 2.93. The monoisotopic (exact) mass is 404 g/mol. The van der Waals surface area contributed by atoms with Gasteiger partial charge in [0.1, 0.15) is 4.21 Å². The molecule has 0 aromatic carbocycles. The third-order valence-electron chi connectivity index (χ3n) is 4.41. The van der Waals surface area contributed by atoms with Crippen molar-refractivity contribution in [2.24, 2.45) is 5.92 Å². The molecule has 2 aromatic rings. The van der Waals surface area contributed by atoms with Crippen molar-refractivity contribution < 1.29 is 8.42 Å². The Morgan fingerprint density at radius 1 is 1.33 bits per heavy atom. The van der Waals surface area contributed by atoms with Crippen LogP contribution in [0.4, 0.5) is 0 Å². The van der Waals surface area contributed by atoms with Crippen LogP contribution in [-0.4, -0.2) is 33.0 Å². The Balaban J connectivity index is 1.73. The van der Waals surface area contributed by atoms with E-state index in [1.165, 1.54) is 4.88 Å². The summed E-state index contributed by atoms with van der Waals surface area (Å²) in [5.74, 6) is 0.746. The van der Waals surface area contributed by atoms with Gasteiger partial charge in [0.25, 0.3) is 0 Å². The van der Waals surface area contributed by atoms with E-state index in [1.54, 1.807) is 23.5 Å². The molecule has 1 atom stereocenters. The third-order valence-corrected chi connectivity index (χ3v) is 8.53. The molecule has 0 saturated carbocycles. The maximum atomic E-state index is 12.5. The summed E-state index contributed by atoms with van der Waals surface area (Å²) in [4.78, 5) is 3.60. The van der Waals surface area contributed by atoms with Gasteiger partial charge in [-0.05, 0) is 55.4 Å². The summed E-state index contributed by atoms with van der Waals surface area (Å²) in [6.07, 6.45) is 2.32. The van der Waals surface area contributed by atoms with Crippen LogP contribution in [0.1, 0.15) is 30.7 Å². The molecule has 0 spiro atoms. The molecule has 8 heteroatoms. The van der Waals surface area contributed by atoms with Gasteiger partial charge < -0.3 is 0 Å². The van der Waals surface area contributed by atoms with Crippen LogP contribution in [0.5, 0.6) is 0 Å². The van der Waals surface area contributed by atoms with Gasteiger partial charge in [0, 0.05) is 11.4 Å². The SMILES string of the molecule is CC1CCN(C(CNS(=O)(=O)c2ccc(Cl)s2)c2cccs2)CC1. The molecule has 4 nitrogen and oxygen atoms in total. The quantitative estimate of drug-likeness (QED) is 0.784. The average Bonchev–Trinajstić information content (AvgIpc) is 3.21. The Kier molecular flexibility index (Phi) is 6.00. The number of hydrogen-bond donors (Lipinski definition) is 1. The van der Waals surface area contributed by atoms with Crippen molar-refractivity contribution in [3.8, 4) is 0 Å². The van der Waals surface area contributed by atoms with Crippen LogP contribution in [0.15, 0.2) is 33.9 Å². The lowest BCUT2D eigenvalue weighted by Crippen LogP contribution is -2.41. The molecule has 3 heterocycles. The highest BCUT2D eigenvalue weighted by molar-refractivity contribution is 7.91. The summed E-state index contributed by atoms with van der Waals surface area (Å²) in [5.41, 5.74) is 0. The van der Waals surface area contributed by atoms with Crippen LogP contribution in [-0.2, 0) is 10.0 Å². The molecular formula is C16H21ClN2O2S3. The van der Waals surface area contributed by atoms with Crippen molar-refractivity contribution >= 4 is 44.3 Å². The minimum absolute atomic E-state index is 0.0858. The number of thiophene rings is 2. The molecular weight excluding hydrogens is 384 g/mol. The zero-order valence-electron chi connectivity index (χ0n) is 13.4. The van der Waals surface area contributed by atoms with E-state index < -0.39 is 10.0 Å². The van der Waals surface area contributed by atoms with Crippen molar-refractivity contribution in [1.29, 1.82) is 0 Å². The van der Waals surface area contributed by atoms with E-state index in [0.29, 0.717) is 10.9 Å². The number of rotatable bonds is 6. The third kappa shape index (κ3) is 4.39. The first-order valence-electron chi connectivity index (χ1n) is 7.98. The van der Waals surface area contributed by atoms with Gasteiger partial charge in [0.05, 0.1) is 10.4 Å². The Morgan fingerprint density at radius 2 is 2.08 bits per heavy atom. The predicted octanol–water partition coefficient (Wildman–Crippen LogP) is 4.21. The molecule has 1 fully saturated rings. The maximum absolute atomic E-state index is 12.5. The van der Waals surface area contributed by atoms with Crippen molar-refractivity contribution in [2.45, 2.75) is 30.0 Å². The summed E-state index contributed by atoms with van der Waals surface area (Å²) in [5, 5.41) is 2.04. The van der Waals surface area contributed by atoms with Crippen LogP contribution in [0.3, 0.4) is 0 Å². The van der Waals surface area contributed by atoms with E-state index >= 15 is 0 Å². The molecule has 2 aromatic heterocycles. The summed E-state index contributed by atoms with van der Waals surface area (Å²) < 4.78 is 28.5. The van der Waals surface area contributed by atoms with E-state index in [-0.39, 0.29) is 10.3 Å². The molecule has 3 rings (SSSR count). The van der Waals surface area contributed by atoms with E-state index in [2.05, 4.69) is 22.6 Å². The second kappa shape index (κ2) is 7.85. The molecule has 0 radical (unpaired) electrons. The van der Waals surface area contributed by atoms with Crippen LogP contribution >= 0.6 is 34.3 Å². The number of likely N-dealkylation sites (tertiary alicyclic amines) is 1. The highest BCUT2D eigenvalue weighted by atomic mass is 35.5. The Labute approximate surface area is 156 Å². The lowest BCUT2D eigenvalue weighted by Gasteiger charge is -2.36. The van der Waals surface area contributed by atoms with Crippen LogP contribution in [0.25, 0.3) is 0 Å². The van der Waals surface area contributed by atoms with Gasteiger partial charge in [-0.15, -0.1) is 22.7 Å². The fourth-order valence-corrected chi connectivity index (χ4v) is 6.36. The van der Waals surface area contributed by atoms with E-state index in [0.717, 1.165) is 43.2 Å². The number of nitrogens with one attached hydrogen (secondary N) is 1. The minimum atomic E-state index is -3.51. The molecule has 0 amide bonds. The topological polar surface area (TPSA) is 49.4 Å². The fraction of sp³-hybridized carbons (Fsp3) is 0.500. The van der Waals surface area contributed by atoms with Crippen LogP contribution in [0, 0.1) is 5.92 Å². The smallest absolute Gasteiger partial charge is 0.250 e. The zero-order chi connectivity index (χ0) is 17.2. The summed E-state index contributed by atoms with van der Waals surface area (Å²) in [6, 6.07) is 7.36. The molecule has 1 unspecified atom stereocenters. The second-order valence-electron chi connectivity index (χ2n) is 6.16. The van der Waals surface area contributed by atoms with Crippen LogP contribution < -0.4 is 4.72 Å². The van der Waals surface area contributed by atoms with Gasteiger partial charge in [-0.2, -0.15) is 0 Å². The highest BCUT2D eigenvalue weighted by Crippen LogP contribution is 2.30. The Hall–Kier alpha value is -0.440. The Bertz CT molecular complexity index is 750. The van der Waals surface area contributed by atoms with Gasteiger partial charge in [-0.3, -0.25) is 4.90 Å². The van der Waals surface area contributed by atoms with Gasteiger partial charge in [0.15, 0.2) is 0 Å². The summed E-state index contributed by atoms with van der Waals surface area (Å²) in [7, 11) is -3.51. The molecule has 1 saturated heterocycles. The van der Waals surface area contributed by atoms with Gasteiger partial charge in [-0.25, -0.2) is 13.1 Å². The normalized spacial score (nSPS) is 18.8. The molecule has 0 bridgehead atoms. The number of hydrogen-bond acceptors (Lipinski definition) is 5. The van der Waals surface area contributed by atoms with Crippen molar-refractivity contribution in [3.05, 3.63) is 38.9 Å². The number of nitrogens with zero attached hydrogens (tertiary/aromatic N) is 1. The van der Waals surface area contributed by atoms with E-state index in [1.807, 2.05) is 11.4 Å². The Morgan fingerprint density at radius 3 is 2.67 bits per heavy atom. The van der Waals surface area contributed by atoms with Crippen molar-refractivity contribution in [3.63, 3.8) is 0 Å². The number of halogens is 1. The lowest BCUT2D eigenvalue weighted by molar-refractivity contribution is 0.141. The maximum Gasteiger partial charge on any atom is 0.250 e. The first-order chi connectivity index (χ1) is 11.5. The van der Waals surface area contributed by atoms with E-state index in [9.17, 15) is 8.42 Å². The molecule has 132 valence electrons. The number of sulfonamides is 1. The van der Waals surface area contributed by atoms with Gasteiger partial charge in [-0.1, -0.05) is 24.6 Å². The van der Waals surface area contributed by atoms with E-state index in [4.69, 9.17) is 11.6 Å². The number of piperidine rings is 1. The van der Waals surface area contributed by atoms with Gasteiger partial charge >= 0.3 is 0 Å². The standard InChI is InChI=1S/C16H21ClN2O2S3/c1-12-6-8-19(9-7-12)13(14-3-2-10-22-14)11-18-24(20,21)16-5-4-15(17)23-16/h2-5,10,12-13,18H,6-9,11H2,1H3. The first kappa shape index (κ1) is 18.4. The first-order valence-corrected chi connectivity index (χ1v) is 11.5. The average molecular weight is 405 g/mol. The summed E-state index contributed by atoms with van der Waals surface area (Å²) >= 11 is 8.63. The van der Waals surface area contributed by atoms with Crippen molar-refractivity contribution in [1.82, 2.24) is 9.62 Å². The highest BCUT2D eigenvalue weighted by Gasteiger charge is 2.27. The van der Waals surface area contributed by atoms with Crippen LogP contribution in [0.2, 0.25) is 4.34 Å². The zero-order valence-corrected chi connectivity index (χ0v) is 16.6.